The number of rotatable bonds is 6. The number of hydrogen-bond donors (Lipinski definition) is 2. The number of carboxylic acids is 1. The Bertz CT molecular complexity index is 1080. The van der Waals surface area contributed by atoms with Crippen molar-refractivity contribution in [1.29, 1.82) is 0 Å². The summed E-state index contributed by atoms with van der Waals surface area (Å²) >= 11 is 0. The molecule has 2 N–H and O–H groups in total. The molecular weight excluding hydrogens is 460 g/mol. The fourth-order valence-corrected chi connectivity index (χ4v) is 5.09. The van der Waals surface area contributed by atoms with Crippen LogP contribution in [0.1, 0.15) is 57.1 Å². The minimum absolute atomic E-state index is 0.0683. The number of ether oxygens (including phenoxy) is 2. The lowest BCUT2D eigenvalue weighted by molar-refractivity contribution is -0.139. The number of piperidine rings is 1. The highest BCUT2D eigenvalue weighted by Crippen LogP contribution is 2.44. The van der Waals surface area contributed by atoms with Crippen molar-refractivity contribution in [2.45, 2.75) is 57.6 Å². The van der Waals surface area contributed by atoms with Gasteiger partial charge in [-0.25, -0.2) is 14.4 Å². The van der Waals surface area contributed by atoms with E-state index in [1.807, 2.05) is 57.2 Å². The first-order valence-electron chi connectivity index (χ1n) is 12.4. The molecule has 0 saturated carbocycles. The van der Waals surface area contributed by atoms with Crippen molar-refractivity contribution in [1.82, 2.24) is 10.2 Å². The average Bonchev–Trinajstić information content (AvgIpc) is 3.15. The van der Waals surface area contributed by atoms with E-state index < -0.39 is 29.8 Å². The number of fused-ring (bicyclic) bond motifs is 3. The smallest absolute Gasteiger partial charge is 0.410 e. The van der Waals surface area contributed by atoms with E-state index in [0.29, 0.717) is 13.1 Å². The number of hydrogen-bond acceptors (Lipinski definition) is 5. The third-order valence-corrected chi connectivity index (χ3v) is 6.67. The Hall–Kier alpha value is -3.55. The molecule has 1 aliphatic heterocycles. The van der Waals surface area contributed by atoms with Gasteiger partial charge >= 0.3 is 18.2 Å². The van der Waals surface area contributed by atoms with E-state index in [1.54, 1.807) is 4.90 Å². The molecule has 2 amide bonds. The van der Waals surface area contributed by atoms with E-state index >= 15 is 0 Å². The average molecular weight is 495 g/mol. The van der Waals surface area contributed by atoms with Crippen LogP contribution in [0.3, 0.4) is 0 Å². The molecule has 0 radical (unpaired) electrons. The Labute approximate surface area is 211 Å². The molecule has 1 aliphatic carbocycles. The van der Waals surface area contributed by atoms with Gasteiger partial charge in [0.1, 0.15) is 18.2 Å². The highest BCUT2D eigenvalue weighted by atomic mass is 16.6. The number of carbonyl (C=O) groups excluding carboxylic acids is 2. The van der Waals surface area contributed by atoms with Gasteiger partial charge in [0.15, 0.2) is 0 Å². The van der Waals surface area contributed by atoms with Crippen LogP contribution >= 0.6 is 0 Å². The van der Waals surface area contributed by atoms with Gasteiger partial charge in [-0.2, -0.15) is 0 Å². The summed E-state index contributed by atoms with van der Waals surface area (Å²) in [6.45, 7) is 6.51. The quantitative estimate of drug-likeness (QED) is 0.585. The van der Waals surface area contributed by atoms with E-state index in [9.17, 15) is 19.5 Å². The largest absolute Gasteiger partial charge is 0.480 e. The maximum Gasteiger partial charge on any atom is 0.410 e. The minimum atomic E-state index is -1.13. The molecule has 1 unspecified atom stereocenters. The summed E-state index contributed by atoms with van der Waals surface area (Å²) in [6.07, 6.45) is 0.572. The Kier molecular flexibility index (Phi) is 7.52. The van der Waals surface area contributed by atoms with Crippen LogP contribution in [0.5, 0.6) is 0 Å². The molecule has 8 heteroatoms. The van der Waals surface area contributed by atoms with Crippen LogP contribution in [0.15, 0.2) is 48.5 Å². The van der Waals surface area contributed by atoms with E-state index in [2.05, 4.69) is 17.4 Å². The summed E-state index contributed by atoms with van der Waals surface area (Å²) in [5, 5.41) is 12.3. The second kappa shape index (κ2) is 10.6. The molecule has 8 nitrogen and oxygen atoms in total. The first-order valence-corrected chi connectivity index (χ1v) is 12.4. The Balaban J connectivity index is 1.34. The zero-order valence-electron chi connectivity index (χ0n) is 21.0. The number of carbonyl (C=O) groups is 3. The highest BCUT2D eigenvalue weighted by molar-refractivity contribution is 5.81. The van der Waals surface area contributed by atoms with Crippen LogP contribution in [-0.4, -0.2) is 59.5 Å². The number of nitrogens with one attached hydrogen (secondary N) is 1. The molecule has 1 saturated heterocycles. The van der Waals surface area contributed by atoms with Gasteiger partial charge in [-0.05, 0) is 68.2 Å². The lowest BCUT2D eigenvalue weighted by atomic mass is 9.91. The van der Waals surface area contributed by atoms with E-state index in [1.165, 1.54) is 0 Å². The number of alkyl carbamates (subject to hydrolysis) is 1. The molecule has 2 aromatic carbocycles. The van der Waals surface area contributed by atoms with Crippen LogP contribution < -0.4 is 5.32 Å². The van der Waals surface area contributed by atoms with Crippen LogP contribution in [0.2, 0.25) is 0 Å². The van der Waals surface area contributed by atoms with Crippen molar-refractivity contribution in [3.05, 3.63) is 59.7 Å². The Morgan fingerprint density at radius 3 is 2.25 bits per heavy atom. The Morgan fingerprint density at radius 1 is 1.06 bits per heavy atom. The molecule has 0 spiro atoms. The molecule has 1 heterocycles. The van der Waals surface area contributed by atoms with Crippen LogP contribution in [-0.2, 0) is 14.3 Å². The van der Waals surface area contributed by atoms with Gasteiger partial charge in [0, 0.05) is 19.0 Å². The molecule has 1 fully saturated rings. The summed E-state index contributed by atoms with van der Waals surface area (Å²) < 4.78 is 11.0. The second-order valence-electron chi connectivity index (χ2n) is 10.5. The molecule has 192 valence electrons. The lowest BCUT2D eigenvalue weighted by Crippen LogP contribution is -2.47. The van der Waals surface area contributed by atoms with Gasteiger partial charge in [-0.15, -0.1) is 0 Å². The van der Waals surface area contributed by atoms with Gasteiger partial charge in [0.2, 0.25) is 0 Å². The van der Waals surface area contributed by atoms with E-state index in [-0.39, 0.29) is 24.9 Å². The maximum atomic E-state index is 12.6. The third kappa shape index (κ3) is 5.98. The fraction of sp³-hybridized carbons (Fsp3) is 0.464. The SMILES string of the molecule is CC(C)(C)OC(=O)N1CCCC(C[C@H](NC(=O)OCC2c3ccccc3-c3ccccc32)C(=O)O)C1. The molecule has 0 bridgehead atoms. The fourth-order valence-electron chi connectivity index (χ4n) is 5.09. The molecule has 4 rings (SSSR count). The summed E-state index contributed by atoms with van der Waals surface area (Å²) in [5.74, 6) is -1.30. The first-order chi connectivity index (χ1) is 17.1. The van der Waals surface area contributed by atoms with Crippen molar-refractivity contribution < 1.29 is 29.0 Å². The van der Waals surface area contributed by atoms with Crippen LogP contribution in [0, 0.1) is 5.92 Å². The van der Waals surface area contributed by atoms with Crippen LogP contribution in [0.25, 0.3) is 11.1 Å². The molecule has 0 aromatic heterocycles. The lowest BCUT2D eigenvalue weighted by Gasteiger charge is -2.35. The van der Waals surface area contributed by atoms with Crippen molar-refractivity contribution >= 4 is 18.2 Å². The van der Waals surface area contributed by atoms with Crippen molar-refractivity contribution in [2.24, 2.45) is 5.92 Å². The number of amides is 2. The van der Waals surface area contributed by atoms with Crippen molar-refractivity contribution in [2.75, 3.05) is 19.7 Å². The normalized spacial score (nSPS) is 18.1. The van der Waals surface area contributed by atoms with Crippen LogP contribution in [0.4, 0.5) is 9.59 Å². The maximum absolute atomic E-state index is 12.6. The summed E-state index contributed by atoms with van der Waals surface area (Å²) in [4.78, 5) is 38.6. The zero-order valence-corrected chi connectivity index (χ0v) is 21.0. The minimum Gasteiger partial charge on any atom is -0.480 e. The topological polar surface area (TPSA) is 105 Å². The summed E-state index contributed by atoms with van der Waals surface area (Å²) in [5.41, 5.74) is 3.82. The molecule has 2 atom stereocenters. The predicted octanol–water partition coefficient (Wildman–Crippen LogP) is 5.02. The molecular formula is C28H34N2O6. The predicted molar refractivity (Wildman–Crippen MR) is 135 cm³/mol. The number of carboxylic acid groups (broad SMARTS) is 1. The Morgan fingerprint density at radius 2 is 1.67 bits per heavy atom. The van der Waals surface area contributed by atoms with Crippen molar-refractivity contribution in [3.8, 4) is 11.1 Å². The standard InChI is InChI=1S/C28H34N2O6/c1-28(2,3)36-27(34)30-14-8-9-18(16-30)15-24(25(31)32)29-26(33)35-17-23-21-12-6-4-10-19(21)20-11-5-7-13-22(20)23/h4-7,10-13,18,23-24H,8-9,14-17H2,1-3H3,(H,29,33)(H,31,32)/t18?,24-/m0/s1. The van der Waals surface area contributed by atoms with Crippen molar-refractivity contribution in [3.63, 3.8) is 0 Å². The number of nitrogens with zero attached hydrogens (tertiary/aromatic N) is 1. The number of benzene rings is 2. The third-order valence-electron chi connectivity index (χ3n) is 6.67. The van der Waals surface area contributed by atoms with E-state index in [4.69, 9.17) is 9.47 Å². The monoisotopic (exact) mass is 494 g/mol. The summed E-state index contributed by atoms with van der Waals surface area (Å²) in [6, 6.07) is 15.0. The molecule has 2 aliphatic rings. The second-order valence-corrected chi connectivity index (χ2v) is 10.5. The number of likely N-dealkylation sites (tertiary alicyclic amines) is 1. The van der Waals surface area contributed by atoms with Gasteiger partial charge in [0.25, 0.3) is 0 Å². The van der Waals surface area contributed by atoms with Gasteiger partial charge in [-0.3, -0.25) is 0 Å². The first kappa shape index (κ1) is 25.5. The van der Waals surface area contributed by atoms with Gasteiger partial charge in [0.05, 0.1) is 0 Å². The number of aliphatic carboxylic acids is 1. The molecule has 36 heavy (non-hydrogen) atoms. The zero-order chi connectivity index (χ0) is 25.9. The summed E-state index contributed by atoms with van der Waals surface area (Å²) in [7, 11) is 0. The highest BCUT2D eigenvalue weighted by Gasteiger charge is 2.33. The van der Waals surface area contributed by atoms with Gasteiger partial charge in [-0.1, -0.05) is 48.5 Å². The molecule has 2 aromatic rings. The van der Waals surface area contributed by atoms with Gasteiger partial charge < -0.3 is 24.8 Å². The van der Waals surface area contributed by atoms with E-state index in [0.717, 1.165) is 35.1 Å².